The summed E-state index contributed by atoms with van der Waals surface area (Å²) in [6.45, 7) is 6.97. The maximum Gasteiger partial charge on any atom is 0.433 e. The van der Waals surface area contributed by atoms with Gasteiger partial charge in [0.2, 0.25) is 5.91 Å². The van der Waals surface area contributed by atoms with Gasteiger partial charge < -0.3 is 10.1 Å². The van der Waals surface area contributed by atoms with E-state index < -0.39 is 29.0 Å². The van der Waals surface area contributed by atoms with Gasteiger partial charge in [0.25, 0.3) is 0 Å². The Labute approximate surface area is 203 Å². The van der Waals surface area contributed by atoms with Gasteiger partial charge in [0.15, 0.2) is 5.16 Å². The molecule has 180 valence electrons. The number of aromatic nitrogens is 2. The number of hydrogen-bond donors (Lipinski definition) is 1. The van der Waals surface area contributed by atoms with E-state index >= 15 is 0 Å². The van der Waals surface area contributed by atoms with E-state index in [1.807, 2.05) is 6.92 Å². The summed E-state index contributed by atoms with van der Waals surface area (Å²) in [5.41, 5.74) is 0.486. The fraction of sp³-hybridized carbons (Fsp3) is 0.304. The number of carbonyl (C=O) groups excluding carboxylic acids is 2. The zero-order valence-corrected chi connectivity index (χ0v) is 20.5. The molecule has 1 N–H and O–H groups in total. The molecule has 0 aliphatic rings. The molecule has 11 heteroatoms. The predicted octanol–water partition coefficient (Wildman–Crippen LogP) is 6.14. The van der Waals surface area contributed by atoms with Crippen LogP contribution in [0, 0.1) is 13.8 Å². The second kappa shape index (κ2) is 10.6. The van der Waals surface area contributed by atoms with Gasteiger partial charge in [-0.05, 0) is 39.3 Å². The van der Waals surface area contributed by atoms with E-state index in [-0.39, 0.29) is 23.0 Å². The lowest BCUT2D eigenvalue weighted by atomic mass is 10.1. The number of nitrogens with one attached hydrogen (secondary N) is 1. The number of aryl methyl sites for hydroxylation is 1. The number of anilines is 1. The van der Waals surface area contributed by atoms with Crippen LogP contribution >= 0.6 is 23.1 Å². The van der Waals surface area contributed by atoms with Crippen LogP contribution in [0.4, 0.5) is 18.2 Å². The number of nitrogens with zero attached hydrogens (tertiary/aromatic N) is 2. The molecule has 3 rings (SSSR count). The van der Waals surface area contributed by atoms with Gasteiger partial charge in [-0.25, -0.2) is 14.8 Å². The molecule has 0 unspecified atom stereocenters. The molecular weight excluding hydrogens is 487 g/mol. The molecule has 1 atom stereocenters. The summed E-state index contributed by atoms with van der Waals surface area (Å²) in [5, 5.41) is 2.01. The van der Waals surface area contributed by atoms with E-state index in [2.05, 4.69) is 15.3 Å². The number of amides is 1. The Bertz CT molecular complexity index is 1200. The number of ether oxygens (including phenoxy) is 1. The Morgan fingerprint density at radius 1 is 1.18 bits per heavy atom. The maximum absolute atomic E-state index is 13.4. The second-order valence-electron chi connectivity index (χ2n) is 7.24. The first kappa shape index (κ1) is 25.7. The average molecular weight is 510 g/mol. The maximum atomic E-state index is 13.4. The van der Waals surface area contributed by atoms with Gasteiger partial charge >= 0.3 is 12.1 Å². The number of carbonyl (C=O) groups is 2. The Balaban J connectivity index is 1.86. The number of thioether (sulfide) groups is 1. The van der Waals surface area contributed by atoms with Crippen molar-refractivity contribution in [3.05, 3.63) is 58.1 Å². The third kappa shape index (κ3) is 5.95. The van der Waals surface area contributed by atoms with Crippen molar-refractivity contribution in [3.8, 4) is 11.3 Å². The van der Waals surface area contributed by atoms with Crippen LogP contribution in [-0.4, -0.2) is 33.7 Å². The molecule has 0 saturated carbocycles. The highest BCUT2D eigenvalue weighted by Crippen LogP contribution is 2.35. The predicted molar refractivity (Wildman–Crippen MR) is 126 cm³/mol. The number of benzene rings is 1. The summed E-state index contributed by atoms with van der Waals surface area (Å²) in [4.78, 5) is 33.9. The lowest BCUT2D eigenvalue weighted by Crippen LogP contribution is -2.23. The highest BCUT2D eigenvalue weighted by molar-refractivity contribution is 8.00. The first-order valence-electron chi connectivity index (χ1n) is 10.3. The lowest BCUT2D eigenvalue weighted by Gasteiger charge is -2.14. The minimum absolute atomic E-state index is 0.104. The number of rotatable bonds is 7. The monoisotopic (exact) mass is 509 g/mol. The summed E-state index contributed by atoms with van der Waals surface area (Å²) >= 11 is 2.03. The molecule has 0 spiro atoms. The number of alkyl halides is 3. The number of halogens is 3. The van der Waals surface area contributed by atoms with Gasteiger partial charge in [-0.3, -0.25) is 4.79 Å². The van der Waals surface area contributed by atoms with Crippen molar-refractivity contribution in [2.75, 3.05) is 11.9 Å². The normalized spacial score (nSPS) is 12.3. The van der Waals surface area contributed by atoms with Crippen LogP contribution in [0.3, 0.4) is 0 Å². The highest BCUT2D eigenvalue weighted by atomic mass is 32.2. The third-order valence-corrected chi connectivity index (χ3v) is 6.90. The SMILES string of the molecule is CCOC(=O)c1c(NC(=O)[C@@H](C)Sc2nc(-c3ccccc3)cc(C(F)(F)F)n2)sc(C)c1C. The number of esters is 1. The largest absolute Gasteiger partial charge is 0.462 e. The van der Waals surface area contributed by atoms with E-state index in [0.29, 0.717) is 16.1 Å². The molecule has 0 bridgehead atoms. The molecule has 34 heavy (non-hydrogen) atoms. The molecule has 3 aromatic rings. The van der Waals surface area contributed by atoms with Crippen molar-refractivity contribution >= 4 is 40.0 Å². The average Bonchev–Trinajstić information content (AvgIpc) is 3.06. The zero-order chi connectivity index (χ0) is 25.0. The van der Waals surface area contributed by atoms with Crippen LogP contribution in [0.2, 0.25) is 0 Å². The highest BCUT2D eigenvalue weighted by Gasteiger charge is 2.34. The summed E-state index contributed by atoms with van der Waals surface area (Å²) < 4.78 is 45.4. The molecule has 0 radical (unpaired) electrons. The Kier molecular flexibility index (Phi) is 7.98. The van der Waals surface area contributed by atoms with Crippen molar-refractivity contribution in [1.82, 2.24) is 9.97 Å². The molecule has 2 heterocycles. The van der Waals surface area contributed by atoms with E-state index in [1.54, 1.807) is 44.2 Å². The molecule has 2 aromatic heterocycles. The van der Waals surface area contributed by atoms with Crippen LogP contribution in [0.5, 0.6) is 0 Å². The molecule has 1 aromatic carbocycles. The lowest BCUT2D eigenvalue weighted by molar-refractivity contribution is -0.141. The molecule has 0 saturated heterocycles. The number of hydrogen-bond acceptors (Lipinski definition) is 7. The molecule has 6 nitrogen and oxygen atoms in total. The fourth-order valence-electron chi connectivity index (χ4n) is 2.97. The van der Waals surface area contributed by atoms with E-state index in [0.717, 1.165) is 22.7 Å². The smallest absolute Gasteiger partial charge is 0.433 e. The molecule has 0 fully saturated rings. The molecule has 0 aliphatic carbocycles. The van der Waals surface area contributed by atoms with Crippen molar-refractivity contribution < 1.29 is 27.5 Å². The zero-order valence-electron chi connectivity index (χ0n) is 18.8. The van der Waals surface area contributed by atoms with Crippen molar-refractivity contribution in [2.45, 2.75) is 44.3 Å². The van der Waals surface area contributed by atoms with Gasteiger partial charge in [-0.1, -0.05) is 42.1 Å². The van der Waals surface area contributed by atoms with Crippen LogP contribution in [-0.2, 0) is 15.7 Å². The summed E-state index contributed by atoms with van der Waals surface area (Å²) in [7, 11) is 0. The fourth-order valence-corrected chi connectivity index (χ4v) is 4.80. The second-order valence-corrected chi connectivity index (χ2v) is 9.77. The van der Waals surface area contributed by atoms with Crippen LogP contribution in [0.25, 0.3) is 11.3 Å². The van der Waals surface area contributed by atoms with E-state index in [1.165, 1.54) is 18.3 Å². The summed E-state index contributed by atoms with van der Waals surface area (Å²) in [6, 6.07) is 9.30. The van der Waals surface area contributed by atoms with Crippen LogP contribution in [0.15, 0.2) is 41.6 Å². The van der Waals surface area contributed by atoms with E-state index in [4.69, 9.17) is 4.74 Å². The summed E-state index contributed by atoms with van der Waals surface area (Å²) in [5.74, 6) is -1.05. The van der Waals surface area contributed by atoms with Gasteiger partial charge in [-0.15, -0.1) is 11.3 Å². The van der Waals surface area contributed by atoms with E-state index in [9.17, 15) is 22.8 Å². The van der Waals surface area contributed by atoms with Crippen LogP contribution in [0.1, 0.15) is 40.3 Å². The van der Waals surface area contributed by atoms with Gasteiger partial charge in [0, 0.05) is 10.4 Å². The van der Waals surface area contributed by atoms with Crippen molar-refractivity contribution in [1.29, 1.82) is 0 Å². The standard InChI is InChI=1S/C23H22F3N3O3S2/c1-5-32-21(31)18-12(2)13(3)33-20(18)29-19(30)14(4)34-22-27-16(15-9-7-6-8-10-15)11-17(28-22)23(24,25)26/h6-11,14H,5H2,1-4H3,(H,29,30)/t14-/m1/s1. The van der Waals surface area contributed by atoms with Gasteiger partial charge in [-0.2, -0.15) is 13.2 Å². The Morgan fingerprint density at radius 3 is 2.47 bits per heavy atom. The Morgan fingerprint density at radius 2 is 1.85 bits per heavy atom. The first-order valence-corrected chi connectivity index (χ1v) is 12.0. The van der Waals surface area contributed by atoms with Crippen LogP contribution < -0.4 is 5.32 Å². The first-order chi connectivity index (χ1) is 16.0. The quantitative estimate of drug-likeness (QED) is 0.234. The third-order valence-electron chi connectivity index (χ3n) is 4.82. The minimum atomic E-state index is -4.67. The van der Waals surface area contributed by atoms with Crippen molar-refractivity contribution in [3.63, 3.8) is 0 Å². The topological polar surface area (TPSA) is 81.2 Å². The minimum Gasteiger partial charge on any atom is -0.462 e. The van der Waals surface area contributed by atoms with Gasteiger partial charge in [0.1, 0.15) is 10.7 Å². The molecule has 0 aliphatic heterocycles. The Hall–Kier alpha value is -2.92. The van der Waals surface area contributed by atoms with Crippen molar-refractivity contribution in [2.24, 2.45) is 0 Å². The molecule has 1 amide bonds. The molecular formula is C23H22F3N3O3S2. The number of thiophene rings is 1. The van der Waals surface area contributed by atoms with Gasteiger partial charge in [0.05, 0.1) is 23.1 Å². The summed E-state index contributed by atoms with van der Waals surface area (Å²) in [6.07, 6.45) is -4.67.